The molecule has 1 heterocycles. The van der Waals surface area contributed by atoms with Crippen molar-refractivity contribution in [1.29, 1.82) is 0 Å². The second-order valence-electron chi connectivity index (χ2n) is 10.5. The molecule has 0 bridgehead atoms. The van der Waals surface area contributed by atoms with Gasteiger partial charge in [-0.05, 0) is 51.0 Å². The molecule has 0 aliphatic heterocycles. The number of hydrogen-bond acceptors (Lipinski definition) is 3. The van der Waals surface area contributed by atoms with Gasteiger partial charge < -0.3 is 15.5 Å². The first-order chi connectivity index (χ1) is 17.0. The van der Waals surface area contributed by atoms with E-state index < -0.39 is 0 Å². The van der Waals surface area contributed by atoms with Crippen LogP contribution in [0.2, 0.25) is 0 Å². The zero-order valence-electron chi connectivity index (χ0n) is 22.6. The van der Waals surface area contributed by atoms with Crippen molar-refractivity contribution in [1.82, 2.24) is 14.7 Å². The van der Waals surface area contributed by atoms with Crippen LogP contribution >= 0.6 is 0 Å². The lowest BCUT2D eigenvalue weighted by atomic mass is 9.92. The van der Waals surface area contributed by atoms with E-state index in [-0.39, 0.29) is 23.9 Å². The lowest BCUT2D eigenvalue weighted by Crippen LogP contribution is -2.41. The molecule has 0 atom stereocenters. The zero-order valence-corrected chi connectivity index (χ0v) is 22.6. The Balaban J connectivity index is 1.83. The maximum atomic E-state index is 13.2. The minimum atomic E-state index is -0.291. The molecule has 36 heavy (non-hydrogen) atoms. The largest absolute Gasteiger partial charge is 0.322 e. The molecular weight excluding hydrogens is 450 g/mol. The number of carbonyl (C=O) groups is 2. The van der Waals surface area contributed by atoms with E-state index in [1.54, 1.807) is 9.58 Å². The van der Waals surface area contributed by atoms with Crippen molar-refractivity contribution < 1.29 is 9.59 Å². The standard InChI is InChI=1S/C29H39N5O2/c1-8-9-16-33(28(36)30-23-13-10-20(2)11-14-23)19-27(35)31-26-18-25(29(5,6)7)32-34(26)24-15-12-21(3)17-22(24)4/h10-15,17-18H,8-9,16,19H2,1-7H3,(H,30,36)(H,31,35). The van der Waals surface area contributed by atoms with Crippen molar-refractivity contribution in [3.63, 3.8) is 0 Å². The number of anilines is 2. The van der Waals surface area contributed by atoms with Crippen LogP contribution in [0.15, 0.2) is 48.5 Å². The highest BCUT2D eigenvalue weighted by Gasteiger charge is 2.23. The molecule has 0 saturated carbocycles. The van der Waals surface area contributed by atoms with Crippen molar-refractivity contribution in [2.24, 2.45) is 0 Å². The molecule has 0 fully saturated rings. The fourth-order valence-corrected chi connectivity index (χ4v) is 3.86. The molecule has 0 aliphatic rings. The summed E-state index contributed by atoms with van der Waals surface area (Å²) in [5, 5.41) is 10.8. The SMILES string of the molecule is CCCCN(CC(=O)Nc1cc(C(C)(C)C)nn1-c1ccc(C)cc1C)C(=O)Nc1ccc(C)cc1. The minimum absolute atomic E-state index is 0.0550. The summed E-state index contributed by atoms with van der Waals surface area (Å²) in [6.45, 7) is 14.9. The van der Waals surface area contributed by atoms with Crippen LogP contribution in [0.25, 0.3) is 5.69 Å². The van der Waals surface area contributed by atoms with Crippen molar-refractivity contribution in [2.75, 3.05) is 23.7 Å². The smallest absolute Gasteiger partial charge is 0.315 e. The third-order valence-corrected chi connectivity index (χ3v) is 6.03. The van der Waals surface area contributed by atoms with Gasteiger partial charge in [0, 0.05) is 23.7 Å². The zero-order chi connectivity index (χ0) is 26.5. The highest BCUT2D eigenvalue weighted by Crippen LogP contribution is 2.28. The monoisotopic (exact) mass is 489 g/mol. The molecule has 2 N–H and O–H groups in total. The highest BCUT2D eigenvalue weighted by molar-refractivity contribution is 5.96. The Bertz CT molecular complexity index is 1210. The van der Waals surface area contributed by atoms with Gasteiger partial charge in [-0.3, -0.25) is 4.79 Å². The summed E-state index contributed by atoms with van der Waals surface area (Å²) >= 11 is 0. The summed E-state index contributed by atoms with van der Waals surface area (Å²) in [7, 11) is 0. The number of carbonyl (C=O) groups excluding carboxylic acids is 2. The average Bonchev–Trinajstić information content (AvgIpc) is 3.22. The van der Waals surface area contributed by atoms with Crippen molar-refractivity contribution >= 4 is 23.4 Å². The number of nitrogens with zero attached hydrogens (tertiary/aromatic N) is 3. The van der Waals surface area contributed by atoms with Crippen molar-refractivity contribution in [3.05, 3.63) is 70.9 Å². The summed E-state index contributed by atoms with van der Waals surface area (Å²) < 4.78 is 1.79. The summed E-state index contributed by atoms with van der Waals surface area (Å²) in [6.07, 6.45) is 1.73. The molecule has 3 amide bonds. The van der Waals surface area contributed by atoms with Crippen LogP contribution in [0.3, 0.4) is 0 Å². The normalized spacial score (nSPS) is 11.3. The lowest BCUT2D eigenvalue weighted by Gasteiger charge is -2.22. The number of rotatable bonds is 8. The summed E-state index contributed by atoms with van der Waals surface area (Å²) in [5.41, 5.74) is 5.64. The average molecular weight is 490 g/mol. The third kappa shape index (κ3) is 6.97. The van der Waals surface area contributed by atoms with E-state index in [0.29, 0.717) is 18.1 Å². The van der Waals surface area contributed by atoms with Gasteiger partial charge in [0.1, 0.15) is 12.4 Å². The van der Waals surface area contributed by atoms with E-state index in [0.717, 1.165) is 40.9 Å². The molecule has 0 spiro atoms. The first-order valence-corrected chi connectivity index (χ1v) is 12.6. The Labute approximate surface area is 214 Å². The number of aromatic nitrogens is 2. The maximum Gasteiger partial charge on any atom is 0.322 e. The molecule has 3 aromatic rings. The Morgan fingerprint density at radius 1 is 0.944 bits per heavy atom. The van der Waals surface area contributed by atoms with Crippen LogP contribution in [-0.4, -0.2) is 39.7 Å². The van der Waals surface area contributed by atoms with E-state index in [1.165, 1.54) is 0 Å². The first kappa shape index (κ1) is 27.0. The molecule has 7 heteroatoms. The second-order valence-corrected chi connectivity index (χ2v) is 10.5. The lowest BCUT2D eigenvalue weighted by molar-refractivity contribution is -0.116. The van der Waals surface area contributed by atoms with E-state index in [9.17, 15) is 9.59 Å². The maximum absolute atomic E-state index is 13.2. The Kier molecular flexibility index (Phi) is 8.56. The topological polar surface area (TPSA) is 79.3 Å². The van der Waals surface area contributed by atoms with Gasteiger partial charge in [0.2, 0.25) is 5.91 Å². The van der Waals surface area contributed by atoms with Gasteiger partial charge in [0.05, 0.1) is 11.4 Å². The molecule has 7 nitrogen and oxygen atoms in total. The van der Waals surface area contributed by atoms with E-state index in [4.69, 9.17) is 5.10 Å². The molecular formula is C29H39N5O2. The number of benzene rings is 2. The van der Waals surface area contributed by atoms with Gasteiger partial charge in [0.25, 0.3) is 0 Å². The third-order valence-electron chi connectivity index (χ3n) is 6.03. The summed E-state index contributed by atoms with van der Waals surface area (Å²) in [6, 6.07) is 15.4. The number of urea groups is 1. The molecule has 1 aromatic heterocycles. The molecule has 0 aliphatic carbocycles. The number of amides is 3. The molecule has 0 radical (unpaired) electrons. The van der Waals surface area contributed by atoms with Gasteiger partial charge in [-0.25, -0.2) is 9.48 Å². The quantitative estimate of drug-likeness (QED) is 0.386. The van der Waals surface area contributed by atoms with Crippen LogP contribution < -0.4 is 10.6 Å². The number of nitrogens with one attached hydrogen (secondary N) is 2. The number of hydrogen-bond donors (Lipinski definition) is 2. The molecule has 3 rings (SSSR count). The fraction of sp³-hybridized carbons (Fsp3) is 0.414. The van der Waals surface area contributed by atoms with E-state index >= 15 is 0 Å². The predicted molar refractivity (Wildman–Crippen MR) is 147 cm³/mol. The van der Waals surface area contributed by atoms with E-state index in [1.807, 2.05) is 56.3 Å². The van der Waals surface area contributed by atoms with Crippen LogP contribution in [0.4, 0.5) is 16.3 Å². The van der Waals surface area contributed by atoms with Gasteiger partial charge in [-0.15, -0.1) is 0 Å². The van der Waals surface area contributed by atoms with Gasteiger partial charge in [-0.2, -0.15) is 5.10 Å². The van der Waals surface area contributed by atoms with Crippen LogP contribution in [0, 0.1) is 20.8 Å². The Morgan fingerprint density at radius 3 is 2.22 bits per heavy atom. The minimum Gasteiger partial charge on any atom is -0.315 e. The van der Waals surface area contributed by atoms with Crippen molar-refractivity contribution in [2.45, 2.75) is 66.7 Å². The summed E-state index contributed by atoms with van der Waals surface area (Å²) in [5.74, 6) is 0.322. The van der Waals surface area contributed by atoms with E-state index in [2.05, 4.69) is 51.3 Å². The predicted octanol–water partition coefficient (Wildman–Crippen LogP) is 6.37. The number of unbranched alkanes of at least 4 members (excludes halogenated alkanes) is 1. The summed E-state index contributed by atoms with van der Waals surface area (Å²) in [4.78, 5) is 27.8. The van der Waals surface area contributed by atoms with Gasteiger partial charge in [0.15, 0.2) is 0 Å². The molecule has 2 aromatic carbocycles. The van der Waals surface area contributed by atoms with Crippen molar-refractivity contribution in [3.8, 4) is 5.69 Å². The molecule has 0 saturated heterocycles. The molecule has 0 unspecified atom stereocenters. The number of aryl methyl sites for hydroxylation is 3. The second kappa shape index (κ2) is 11.4. The fourth-order valence-electron chi connectivity index (χ4n) is 3.86. The Hall–Kier alpha value is -3.61. The first-order valence-electron chi connectivity index (χ1n) is 12.6. The molecule has 192 valence electrons. The van der Waals surface area contributed by atoms with Crippen LogP contribution in [-0.2, 0) is 10.2 Å². The highest BCUT2D eigenvalue weighted by atomic mass is 16.2. The Morgan fingerprint density at radius 2 is 1.61 bits per heavy atom. The van der Waals surface area contributed by atoms with Gasteiger partial charge in [-0.1, -0.05) is 69.5 Å². The van der Waals surface area contributed by atoms with Crippen LogP contribution in [0.5, 0.6) is 0 Å². The van der Waals surface area contributed by atoms with Gasteiger partial charge >= 0.3 is 6.03 Å². The van der Waals surface area contributed by atoms with Crippen LogP contribution in [0.1, 0.15) is 62.9 Å².